The second-order valence-electron chi connectivity index (χ2n) is 5.56. The Balaban J connectivity index is 1.59. The summed E-state index contributed by atoms with van der Waals surface area (Å²) in [5.41, 5.74) is 1.42. The molecule has 0 amide bonds. The quantitative estimate of drug-likeness (QED) is 0.827. The molecule has 100 valence electrons. The van der Waals surface area contributed by atoms with E-state index >= 15 is 0 Å². The molecule has 0 radical (unpaired) electrons. The molecule has 1 unspecified atom stereocenters. The first-order chi connectivity index (χ1) is 8.88. The third kappa shape index (κ3) is 2.59. The van der Waals surface area contributed by atoms with Crippen molar-refractivity contribution < 1.29 is 0 Å². The topological polar surface area (TPSA) is 33.1 Å². The zero-order valence-corrected chi connectivity index (χ0v) is 11.3. The molecule has 0 spiro atoms. The first-order valence-corrected chi connectivity index (χ1v) is 7.33. The monoisotopic (exact) mass is 248 g/mol. The smallest absolute Gasteiger partial charge is 0.0948 e. The highest BCUT2D eigenvalue weighted by atomic mass is 15.2. The molecule has 1 aliphatic heterocycles. The predicted molar refractivity (Wildman–Crippen MR) is 72.7 cm³/mol. The van der Waals surface area contributed by atoms with Crippen molar-refractivity contribution in [3.63, 3.8) is 0 Å². The van der Waals surface area contributed by atoms with Crippen molar-refractivity contribution in [1.82, 2.24) is 19.8 Å². The van der Waals surface area contributed by atoms with Gasteiger partial charge in [-0.25, -0.2) is 4.98 Å². The van der Waals surface area contributed by atoms with E-state index in [0.29, 0.717) is 5.92 Å². The van der Waals surface area contributed by atoms with E-state index in [4.69, 9.17) is 0 Å². The van der Waals surface area contributed by atoms with Gasteiger partial charge in [0.05, 0.1) is 6.33 Å². The fourth-order valence-electron chi connectivity index (χ4n) is 3.04. The predicted octanol–water partition coefficient (Wildman–Crippen LogP) is 1.44. The molecule has 2 fully saturated rings. The second kappa shape index (κ2) is 5.41. The number of hydrogen-bond donors (Lipinski definition) is 1. The third-order valence-electron chi connectivity index (χ3n) is 4.32. The van der Waals surface area contributed by atoms with E-state index in [1.165, 1.54) is 38.0 Å². The summed E-state index contributed by atoms with van der Waals surface area (Å²) in [6.45, 7) is 7.99. The van der Waals surface area contributed by atoms with Gasteiger partial charge in [-0.3, -0.25) is 4.90 Å². The van der Waals surface area contributed by atoms with Crippen molar-refractivity contribution in [1.29, 1.82) is 0 Å². The first kappa shape index (κ1) is 12.2. The van der Waals surface area contributed by atoms with Crippen LogP contribution in [0.25, 0.3) is 0 Å². The van der Waals surface area contributed by atoms with Crippen LogP contribution in [0.5, 0.6) is 0 Å². The lowest BCUT2D eigenvalue weighted by Crippen LogP contribution is -2.29. The van der Waals surface area contributed by atoms with E-state index in [1.54, 1.807) is 0 Å². The number of nitrogens with one attached hydrogen (secondary N) is 1. The lowest BCUT2D eigenvalue weighted by atomic mass is 10.1. The molecule has 3 rings (SSSR count). The fourth-order valence-corrected chi connectivity index (χ4v) is 3.04. The molecule has 1 aliphatic carbocycles. The molecule has 1 N–H and O–H groups in total. The van der Waals surface area contributed by atoms with E-state index in [-0.39, 0.29) is 0 Å². The van der Waals surface area contributed by atoms with Gasteiger partial charge in [0, 0.05) is 43.5 Å². The number of hydrogen-bond acceptors (Lipinski definition) is 3. The van der Waals surface area contributed by atoms with Crippen LogP contribution in [0.15, 0.2) is 12.5 Å². The Hall–Kier alpha value is -0.870. The van der Waals surface area contributed by atoms with Gasteiger partial charge in [-0.05, 0) is 32.4 Å². The van der Waals surface area contributed by atoms with Crippen LogP contribution in [0.4, 0.5) is 0 Å². The minimum absolute atomic E-state index is 0.670. The van der Waals surface area contributed by atoms with E-state index in [1.807, 2.05) is 6.33 Å². The number of rotatable bonds is 6. The number of likely N-dealkylation sites (N-methyl/N-ethyl adjacent to an activating group) is 1. The summed E-state index contributed by atoms with van der Waals surface area (Å²) in [7, 11) is 0. The Labute approximate surface area is 109 Å². The van der Waals surface area contributed by atoms with Crippen molar-refractivity contribution in [2.24, 2.45) is 0 Å². The van der Waals surface area contributed by atoms with Crippen molar-refractivity contribution >= 4 is 0 Å². The second-order valence-corrected chi connectivity index (χ2v) is 5.56. The lowest BCUT2D eigenvalue weighted by molar-refractivity contribution is 0.264. The Kier molecular flexibility index (Phi) is 3.66. The molecule has 1 aromatic rings. The van der Waals surface area contributed by atoms with Gasteiger partial charge in [0.15, 0.2) is 0 Å². The van der Waals surface area contributed by atoms with Crippen LogP contribution in [-0.2, 0) is 6.54 Å². The van der Waals surface area contributed by atoms with Gasteiger partial charge in [0.2, 0.25) is 0 Å². The van der Waals surface area contributed by atoms with Crippen molar-refractivity contribution in [2.45, 2.75) is 44.7 Å². The molecule has 2 aliphatic rings. The van der Waals surface area contributed by atoms with Gasteiger partial charge >= 0.3 is 0 Å². The zero-order valence-electron chi connectivity index (χ0n) is 11.3. The molecule has 4 nitrogen and oxygen atoms in total. The van der Waals surface area contributed by atoms with Crippen LogP contribution in [0.1, 0.15) is 37.8 Å². The minimum atomic E-state index is 0.670. The fraction of sp³-hybridized carbons (Fsp3) is 0.786. The molecule has 2 heterocycles. The normalized spacial score (nSPS) is 24.0. The maximum Gasteiger partial charge on any atom is 0.0948 e. The van der Waals surface area contributed by atoms with E-state index < -0.39 is 0 Å². The Morgan fingerprint density at radius 1 is 1.44 bits per heavy atom. The van der Waals surface area contributed by atoms with Gasteiger partial charge in [-0.2, -0.15) is 0 Å². The summed E-state index contributed by atoms with van der Waals surface area (Å²) in [6.07, 6.45) is 8.12. The van der Waals surface area contributed by atoms with Gasteiger partial charge in [-0.1, -0.05) is 6.92 Å². The summed E-state index contributed by atoms with van der Waals surface area (Å²) >= 11 is 0. The van der Waals surface area contributed by atoms with Crippen molar-refractivity contribution in [3.8, 4) is 0 Å². The van der Waals surface area contributed by atoms with Crippen LogP contribution >= 0.6 is 0 Å². The summed E-state index contributed by atoms with van der Waals surface area (Å²) in [4.78, 5) is 6.96. The number of nitrogens with zero attached hydrogens (tertiary/aromatic N) is 3. The van der Waals surface area contributed by atoms with Crippen molar-refractivity contribution in [2.75, 3.05) is 26.2 Å². The molecule has 4 heteroatoms. The maximum absolute atomic E-state index is 4.35. The van der Waals surface area contributed by atoms with Crippen molar-refractivity contribution in [3.05, 3.63) is 18.2 Å². The summed E-state index contributed by atoms with van der Waals surface area (Å²) in [5, 5.41) is 3.44. The van der Waals surface area contributed by atoms with Crippen LogP contribution < -0.4 is 5.32 Å². The van der Waals surface area contributed by atoms with Crippen LogP contribution in [0.2, 0.25) is 0 Å². The minimum Gasteiger partial charge on any atom is -0.333 e. The standard InChI is InChI=1S/C14H24N4/c1-2-17(13-3-4-13)7-8-18-11-16-10-14(18)12-5-6-15-9-12/h10-13,15H,2-9H2,1H3. The molecular weight excluding hydrogens is 224 g/mol. The van der Waals surface area contributed by atoms with Gasteiger partial charge < -0.3 is 9.88 Å². The highest BCUT2D eigenvalue weighted by Crippen LogP contribution is 2.27. The highest BCUT2D eigenvalue weighted by molar-refractivity contribution is 5.09. The van der Waals surface area contributed by atoms with Crippen LogP contribution in [-0.4, -0.2) is 46.7 Å². The van der Waals surface area contributed by atoms with Gasteiger partial charge in [0.1, 0.15) is 0 Å². The van der Waals surface area contributed by atoms with E-state index in [9.17, 15) is 0 Å². The van der Waals surface area contributed by atoms with Gasteiger partial charge in [-0.15, -0.1) is 0 Å². The van der Waals surface area contributed by atoms with E-state index in [2.05, 4.69) is 32.9 Å². The van der Waals surface area contributed by atoms with Gasteiger partial charge in [0.25, 0.3) is 0 Å². The zero-order chi connectivity index (χ0) is 12.4. The van der Waals surface area contributed by atoms with E-state index in [0.717, 1.165) is 25.7 Å². The maximum atomic E-state index is 4.35. The highest BCUT2D eigenvalue weighted by Gasteiger charge is 2.27. The lowest BCUT2D eigenvalue weighted by Gasteiger charge is -2.21. The van der Waals surface area contributed by atoms with Crippen LogP contribution in [0.3, 0.4) is 0 Å². The molecular formula is C14H24N4. The molecule has 1 aromatic heterocycles. The Bertz CT molecular complexity index is 377. The number of imidazole rings is 1. The average Bonchev–Trinajstić information content (AvgIpc) is 2.92. The van der Waals surface area contributed by atoms with Crippen LogP contribution in [0, 0.1) is 0 Å². The average molecular weight is 248 g/mol. The first-order valence-electron chi connectivity index (χ1n) is 7.33. The summed E-state index contributed by atoms with van der Waals surface area (Å²) in [5.74, 6) is 0.670. The molecule has 1 atom stereocenters. The molecule has 1 saturated heterocycles. The molecule has 0 aromatic carbocycles. The SMILES string of the molecule is CCN(CCn1cncc1C1CCNC1)C1CC1. The number of aromatic nitrogens is 2. The largest absolute Gasteiger partial charge is 0.333 e. The summed E-state index contributed by atoms with van der Waals surface area (Å²) < 4.78 is 2.36. The summed E-state index contributed by atoms with van der Waals surface area (Å²) in [6, 6.07) is 0.870. The molecule has 0 bridgehead atoms. The molecule has 18 heavy (non-hydrogen) atoms. The molecule has 1 saturated carbocycles. The Morgan fingerprint density at radius 2 is 2.33 bits per heavy atom. The third-order valence-corrected chi connectivity index (χ3v) is 4.32. The Morgan fingerprint density at radius 3 is 3.00 bits per heavy atom.